The highest BCUT2D eigenvalue weighted by Gasteiger charge is 2.57. The molecule has 2 unspecified atom stereocenters. The van der Waals surface area contributed by atoms with Gasteiger partial charge < -0.3 is 20.6 Å². The second-order valence-corrected chi connectivity index (χ2v) is 12.3. The van der Waals surface area contributed by atoms with E-state index in [4.69, 9.17) is 4.84 Å². The number of carbonyl (C=O) groups excluding carboxylic acids is 1. The number of amides is 1. The lowest BCUT2D eigenvalue weighted by atomic mass is 9.45. The SMILES string of the molecule is C[C@@H]1C(NC(=O)[C@@H]2[C@H]([C@H](C)O)[C@H](CO)ON2Cc2cccc(-c3ccc(C(=O)O)cc3)c2)C[C@H]2CC1C2(C)C. The fourth-order valence-electron chi connectivity index (χ4n) is 7.32. The Labute approximate surface area is 229 Å². The first kappa shape index (κ1) is 27.8. The highest BCUT2D eigenvalue weighted by atomic mass is 16.7. The first-order valence-electron chi connectivity index (χ1n) is 14.0. The standard InChI is InChI=1S/C31H40N2O6/c1-17-24-13-23(31(24,3)4)14-25(17)32-29(36)28-27(18(2)35)26(16-34)39-33(28)15-19-6-5-7-22(12-19)20-8-10-21(11-9-20)30(37)38/h5-12,17-18,23-28,34-35H,13-16H2,1-4H3,(H,32,36)(H,37,38)/t17-,18-,23+,24?,25?,26-,27+,28-/m0/s1. The minimum absolute atomic E-state index is 0.0797. The second-order valence-electron chi connectivity index (χ2n) is 12.3. The van der Waals surface area contributed by atoms with E-state index in [1.54, 1.807) is 36.3 Å². The van der Waals surface area contributed by atoms with Crippen molar-refractivity contribution in [2.75, 3.05) is 6.61 Å². The van der Waals surface area contributed by atoms with Gasteiger partial charge >= 0.3 is 5.97 Å². The Morgan fingerprint density at radius 1 is 1.13 bits per heavy atom. The molecule has 8 atom stereocenters. The maximum Gasteiger partial charge on any atom is 0.335 e. The van der Waals surface area contributed by atoms with E-state index in [-0.39, 0.29) is 30.7 Å². The van der Waals surface area contributed by atoms with Crippen LogP contribution in [0, 0.1) is 29.1 Å². The molecule has 2 bridgehead atoms. The van der Waals surface area contributed by atoms with Crippen molar-refractivity contribution < 1.29 is 29.7 Å². The van der Waals surface area contributed by atoms with Gasteiger partial charge in [0.1, 0.15) is 12.1 Å². The van der Waals surface area contributed by atoms with Crippen molar-refractivity contribution in [2.45, 2.75) is 71.4 Å². The number of nitrogens with one attached hydrogen (secondary N) is 1. The second kappa shape index (κ2) is 10.7. The van der Waals surface area contributed by atoms with Crippen LogP contribution in [0.25, 0.3) is 11.1 Å². The molecule has 210 valence electrons. The van der Waals surface area contributed by atoms with Crippen molar-refractivity contribution in [2.24, 2.45) is 29.1 Å². The van der Waals surface area contributed by atoms with E-state index in [1.807, 2.05) is 24.3 Å². The van der Waals surface area contributed by atoms with Crippen molar-refractivity contribution >= 4 is 11.9 Å². The third kappa shape index (κ3) is 5.11. The van der Waals surface area contributed by atoms with Crippen molar-refractivity contribution in [3.8, 4) is 11.1 Å². The average molecular weight is 537 g/mol. The molecule has 8 heteroatoms. The number of carboxylic acids is 1. The normalized spacial score (nSPS) is 32.3. The molecule has 3 saturated carbocycles. The van der Waals surface area contributed by atoms with Crippen LogP contribution in [0.5, 0.6) is 0 Å². The van der Waals surface area contributed by atoms with Crippen molar-refractivity contribution in [3.05, 3.63) is 59.7 Å². The number of fused-ring (bicyclic) bond motifs is 2. The molecule has 1 saturated heterocycles. The van der Waals surface area contributed by atoms with Gasteiger partial charge in [-0.05, 0) is 77.8 Å². The van der Waals surface area contributed by atoms with Crippen LogP contribution >= 0.6 is 0 Å². The molecule has 39 heavy (non-hydrogen) atoms. The van der Waals surface area contributed by atoms with Crippen LogP contribution in [-0.4, -0.2) is 63.2 Å². The average Bonchev–Trinajstić information content (AvgIpc) is 3.28. The summed E-state index contributed by atoms with van der Waals surface area (Å²) in [6, 6.07) is 13.8. The summed E-state index contributed by atoms with van der Waals surface area (Å²) >= 11 is 0. The molecular weight excluding hydrogens is 496 g/mol. The Bertz CT molecular complexity index is 1210. The fraction of sp³-hybridized carbons (Fsp3) is 0.548. The van der Waals surface area contributed by atoms with E-state index in [0.717, 1.165) is 23.1 Å². The van der Waals surface area contributed by atoms with Gasteiger partial charge in [-0.15, -0.1) is 0 Å². The zero-order chi connectivity index (χ0) is 28.1. The van der Waals surface area contributed by atoms with Crippen LogP contribution in [0.2, 0.25) is 0 Å². The highest BCUT2D eigenvalue weighted by molar-refractivity contribution is 5.88. The van der Waals surface area contributed by atoms with Crippen LogP contribution in [0.3, 0.4) is 0 Å². The van der Waals surface area contributed by atoms with Crippen molar-refractivity contribution in [1.29, 1.82) is 0 Å². The number of nitrogens with zero attached hydrogens (tertiary/aromatic N) is 1. The third-order valence-electron chi connectivity index (χ3n) is 9.79. The van der Waals surface area contributed by atoms with Gasteiger partial charge in [0.2, 0.25) is 5.91 Å². The Morgan fingerprint density at radius 2 is 1.85 bits per heavy atom. The summed E-state index contributed by atoms with van der Waals surface area (Å²) in [4.78, 5) is 31.1. The van der Waals surface area contributed by atoms with E-state index in [2.05, 4.69) is 26.1 Å². The number of rotatable bonds is 8. The van der Waals surface area contributed by atoms with E-state index in [0.29, 0.717) is 23.2 Å². The predicted molar refractivity (Wildman–Crippen MR) is 146 cm³/mol. The number of aliphatic hydroxyl groups excluding tert-OH is 2. The van der Waals surface area contributed by atoms with Gasteiger partial charge in [-0.25, -0.2) is 4.79 Å². The van der Waals surface area contributed by atoms with Gasteiger partial charge in [-0.2, -0.15) is 5.06 Å². The zero-order valence-electron chi connectivity index (χ0n) is 23.1. The van der Waals surface area contributed by atoms with E-state index < -0.39 is 30.1 Å². The molecule has 0 aromatic heterocycles. The number of carboxylic acid groups (broad SMARTS) is 1. The lowest BCUT2D eigenvalue weighted by Gasteiger charge is -2.62. The number of aromatic carboxylic acids is 1. The molecule has 2 aromatic carbocycles. The van der Waals surface area contributed by atoms with Crippen LogP contribution in [0.4, 0.5) is 0 Å². The number of benzene rings is 2. The Balaban J connectivity index is 1.36. The van der Waals surface area contributed by atoms with Gasteiger partial charge in [0, 0.05) is 12.0 Å². The molecule has 1 aliphatic heterocycles. The zero-order valence-corrected chi connectivity index (χ0v) is 23.1. The minimum Gasteiger partial charge on any atom is -0.478 e. The molecule has 4 fully saturated rings. The summed E-state index contributed by atoms with van der Waals surface area (Å²) in [5, 5.41) is 34.8. The monoisotopic (exact) mass is 536 g/mol. The highest BCUT2D eigenvalue weighted by Crippen LogP contribution is 2.61. The summed E-state index contributed by atoms with van der Waals surface area (Å²) in [6.07, 6.45) is 0.633. The van der Waals surface area contributed by atoms with Gasteiger partial charge in [0.15, 0.2) is 0 Å². The minimum atomic E-state index is -0.972. The number of hydroxylamine groups is 2. The van der Waals surface area contributed by atoms with Crippen LogP contribution in [0.1, 0.15) is 56.5 Å². The molecule has 1 amide bonds. The molecule has 2 aromatic rings. The van der Waals surface area contributed by atoms with Gasteiger partial charge in [0.25, 0.3) is 0 Å². The number of hydrogen-bond acceptors (Lipinski definition) is 6. The quantitative estimate of drug-likeness (QED) is 0.406. The Kier molecular flexibility index (Phi) is 7.59. The van der Waals surface area contributed by atoms with Crippen LogP contribution in [0.15, 0.2) is 48.5 Å². The maximum absolute atomic E-state index is 13.8. The molecule has 0 radical (unpaired) electrons. The summed E-state index contributed by atoms with van der Waals surface area (Å²) in [5.41, 5.74) is 3.22. The Hall–Kier alpha value is -2.78. The van der Waals surface area contributed by atoms with Crippen molar-refractivity contribution in [3.63, 3.8) is 0 Å². The largest absolute Gasteiger partial charge is 0.478 e. The third-order valence-corrected chi connectivity index (χ3v) is 9.79. The van der Waals surface area contributed by atoms with Crippen LogP contribution < -0.4 is 5.32 Å². The smallest absolute Gasteiger partial charge is 0.335 e. The lowest BCUT2D eigenvalue weighted by Crippen LogP contribution is -2.62. The number of hydrogen-bond donors (Lipinski definition) is 4. The molecule has 8 nitrogen and oxygen atoms in total. The first-order valence-corrected chi connectivity index (χ1v) is 14.0. The maximum atomic E-state index is 13.8. The molecule has 6 rings (SSSR count). The number of aliphatic hydroxyl groups is 2. The van der Waals surface area contributed by atoms with Gasteiger partial charge in [0.05, 0.1) is 24.8 Å². The summed E-state index contributed by atoms with van der Waals surface area (Å²) in [5.74, 6) is -0.166. The molecule has 4 N–H and O–H groups in total. The van der Waals surface area contributed by atoms with Gasteiger partial charge in [-0.3, -0.25) is 9.63 Å². The summed E-state index contributed by atoms with van der Waals surface area (Å²) < 4.78 is 0. The van der Waals surface area contributed by atoms with E-state index in [1.165, 1.54) is 6.42 Å². The molecule has 0 spiro atoms. The Morgan fingerprint density at radius 3 is 2.44 bits per heavy atom. The topological polar surface area (TPSA) is 119 Å². The number of carbonyl (C=O) groups is 2. The molecule has 4 aliphatic rings. The van der Waals surface area contributed by atoms with Crippen LogP contribution in [-0.2, 0) is 16.2 Å². The molecular formula is C31H40N2O6. The van der Waals surface area contributed by atoms with Gasteiger partial charge in [-0.1, -0.05) is 51.1 Å². The summed E-state index contributed by atoms with van der Waals surface area (Å²) in [6.45, 7) is 8.52. The molecule has 1 heterocycles. The first-order chi connectivity index (χ1) is 18.5. The lowest BCUT2D eigenvalue weighted by molar-refractivity contribution is -0.183. The summed E-state index contributed by atoms with van der Waals surface area (Å²) in [7, 11) is 0. The van der Waals surface area contributed by atoms with E-state index in [9.17, 15) is 24.9 Å². The van der Waals surface area contributed by atoms with Crippen molar-refractivity contribution in [1.82, 2.24) is 10.4 Å². The molecule has 3 aliphatic carbocycles. The fourth-order valence-corrected chi connectivity index (χ4v) is 7.32. The predicted octanol–water partition coefficient (Wildman–Crippen LogP) is 3.71. The van der Waals surface area contributed by atoms with E-state index >= 15 is 0 Å².